The summed E-state index contributed by atoms with van der Waals surface area (Å²) >= 11 is 5.97. The second-order valence-electron chi connectivity index (χ2n) is 2.40. The maximum atomic E-state index is 5.97. The van der Waals surface area contributed by atoms with E-state index in [0.29, 0.717) is 5.02 Å². The molecule has 1 heterocycles. The third kappa shape index (κ3) is 2.30. The molecule has 66 valence electrons. The minimum atomic E-state index is 0.669. The van der Waals surface area contributed by atoms with E-state index in [0.717, 1.165) is 10.6 Å². The standard InChI is InChI=1S/C11H10ClN/c1-3-5-9-10(12)7-8-13-11(9)6-4-2/h3-8H,1-2H2/b9-5-,11-6+. The van der Waals surface area contributed by atoms with Crippen LogP contribution in [0.25, 0.3) is 12.2 Å². The molecule has 1 rings (SSSR count). The van der Waals surface area contributed by atoms with Gasteiger partial charge < -0.3 is 0 Å². The SMILES string of the molecule is C=C/C=c1/nccc(Cl)/c1=C/C=C. The van der Waals surface area contributed by atoms with Gasteiger partial charge in [-0.3, -0.25) is 4.98 Å². The lowest BCUT2D eigenvalue weighted by Gasteiger charge is -1.91. The predicted molar refractivity (Wildman–Crippen MR) is 57.8 cm³/mol. The molecule has 1 aromatic heterocycles. The average Bonchev–Trinajstić information content (AvgIpc) is 2.11. The van der Waals surface area contributed by atoms with Crippen LogP contribution >= 0.6 is 11.6 Å². The molecule has 0 aliphatic rings. The van der Waals surface area contributed by atoms with E-state index in [4.69, 9.17) is 11.6 Å². The van der Waals surface area contributed by atoms with Gasteiger partial charge in [0.05, 0.1) is 10.4 Å². The van der Waals surface area contributed by atoms with E-state index in [1.165, 1.54) is 0 Å². The van der Waals surface area contributed by atoms with Crippen molar-refractivity contribution in [1.29, 1.82) is 0 Å². The number of hydrogen-bond donors (Lipinski definition) is 0. The van der Waals surface area contributed by atoms with Crippen LogP contribution in [0.15, 0.2) is 37.6 Å². The van der Waals surface area contributed by atoms with Crippen molar-refractivity contribution in [3.63, 3.8) is 0 Å². The molecule has 0 bridgehead atoms. The number of rotatable bonds is 2. The van der Waals surface area contributed by atoms with E-state index in [1.54, 1.807) is 30.5 Å². The Morgan fingerprint density at radius 2 is 1.92 bits per heavy atom. The first-order valence-electron chi connectivity index (χ1n) is 3.85. The predicted octanol–water partition coefficient (Wildman–Crippen LogP) is 1.67. The number of halogens is 1. The number of allylic oxidation sites excluding steroid dienone is 2. The van der Waals surface area contributed by atoms with Crippen LogP contribution in [0.5, 0.6) is 0 Å². The second-order valence-corrected chi connectivity index (χ2v) is 2.80. The molecule has 1 aromatic rings. The van der Waals surface area contributed by atoms with Gasteiger partial charge in [0.25, 0.3) is 0 Å². The van der Waals surface area contributed by atoms with Crippen molar-refractivity contribution < 1.29 is 0 Å². The Hall–Kier alpha value is -1.34. The monoisotopic (exact) mass is 191 g/mol. The molecule has 0 N–H and O–H groups in total. The van der Waals surface area contributed by atoms with Crippen LogP contribution in [0.4, 0.5) is 0 Å². The van der Waals surface area contributed by atoms with Crippen LogP contribution in [0.2, 0.25) is 5.02 Å². The van der Waals surface area contributed by atoms with Crippen molar-refractivity contribution in [2.45, 2.75) is 0 Å². The Morgan fingerprint density at radius 1 is 1.23 bits per heavy atom. The molecule has 0 spiro atoms. The topological polar surface area (TPSA) is 12.9 Å². The van der Waals surface area contributed by atoms with Crippen LogP contribution in [0.1, 0.15) is 0 Å². The zero-order valence-corrected chi connectivity index (χ0v) is 7.96. The fourth-order valence-corrected chi connectivity index (χ4v) is 1.21. The smallest absolute Gasteiger partial charge is 0.0716 e. The molecule has 0 atom stereocenters. The lowest BCUT2D eigenvalue weighted by Crippen LogP contribution is -2.28. The second kappa shape index (κ2) is 4.63. The summed E-state index contributed by atoms with van der Waals surface area (Å²) in [6.45, 7) is 7.23. The van der Waals surface area contributed by atoms with Crippen molar-refractivity contribution in [2.75, 3.05) is 0 Å². The highest BCUT2D eigenvalue weighted by molar-refractivity contribution is 6.30. The van der Waals surface area contributed by atoms with E-state index >= 15 is 0 Å². The molecule has 0 saturated heterocycles. The minimum absolute atomic E-state index is 0.669. The molecule has 0 saturated carbocycles. The Morgan fingerprint density at radius 3 is 2.54 bits per heavy atom. The van der Waals surface area contributed by atoms with Crippen molar-refractivity contribution >= 4 is 23.8 Å². The fraction of sp³-hybridized carbons (Fsp3) is 0. The molecule has 0 fully saturated rings. The van der Waals surface area contributed by atoms with E-state index in [-0.39, 0.29) is 0 Å². The first-order chi connectivity index (χ1) is 6.29. The summed E-state index contributed by atoms with van der Waals surface area (Å²) < 4.78 is 0. The van der Waals surface area contributed by atoms with Crippen LogP contribution in [0, 0.1) is 0 Å². The minimum Gasteiger partial charge on any atom is -0.256 e. The Balaban J connectivity index is 3.62. The summed E-state index contributed by atoms with van der Waals surface area (Å²) in [5, 5.41) is 2.35. The molecule has 0 unspecified atom stereocenters. The van der Waals surface area contributed by atoms with Gasteiger partial charge >= 0.3 is 0 Å². The Bertz CT molecular complexity index is 432. The molecule has 2 heteroatoms. The zero-order valence-electron chi connectivity index (χ0n) is 7.20. The van der Waals surface area contributed by atoms with Gasteiger partial charge in [0.1, 0.15) is 0 Å². The van der Waals surface area contributed by atoms with E-state index in [9.17, 15) is 0 Å². The van der Waals surface area contributed by atoms with Gasteiger partial charge in [-0.25, -0.2) is 0 Å². The lowest BCUT2D eigenvalue weighted by molar-refractivity contribution is 1.22. The van der Waals surface area contributed by atoms with Crippen molar-refractivity contribution in [3.8, 4) is 0 Å². The maximum absolute atomic E-state index is 5.97. The van der Waals surface area contributed by atoms with Crippen LogP contribution in [-0.4, -0.2) is 4.98 Å². The summed E-state index contributed by atoms with van der Waals surface area (Å²) in [5.74, 6) is 0. The quantitative estimate of drug-likeness (QED) is 0.693. The molecule has 1 nitrogen and oxygen atoms in total. The van der Waals surface area contributed by atoms with Gasteiger partial charge in [-0.2, -0.15) is 0 Å². The first kappa shape index (κ1) is 9.75. The molecule has 0 aliphatic heterocycles. The van der Waals surface area contributed by atoms with Crippen LogP contribution in [-0.2, 0) is 0 Å². The molecule has 13 heavy (non-hydrogen) atoms. The first-order valence-corrected chi connectivity index (χ1v) is 4.23. The maximum Gasteiger partial charge on any atom is 0.0716 e. The summed E-state index contributed by atoms with van der Waals surface area (Å²) in [6.07, 6.45) is 8.66. The third-order valence-electron chi connectivity index (χ3n) is 1.53. The van der Waals surface area contributed by atoms with E-state index in [2.05, 4.69) is 18.1 Å². The number of pyridine rings is 1. The van der Waals surface area contributed by atoms with Gasteiger partial charge in [-0.05, 0) is 12.1 Å². The highest BCUT2D eigenvalue weighted by Gasteiger charge is 1.90. The van der Waals surface area contributed by atoms with Gasteiger partial charge in [-0.15, -0.1) is 0 Å². The van der Waals surface area contributed by atoms with Crippen molar-refractivity contribution in [3.05, 3.63) is 53.2 Å². The van der Waals surface area contributed by atoms with Crippen molar-refractivity contribution in [2.24, 2.45) is 0 Å². The summed E-state index contributed by atoms with van der Waals surface area (Å²) in [7, 11) is 0. The summed E-state index contributed by atoms with van der Waals surface area (Å²) in [6, 6.07) is 1.75. The van der Waals surface area contributed by atoms with E-state index in [1.807, 2.05) is 6.08 Å². The van der Waals surface area contributed by atoms with Gasteiger partial charge in [0.2, 0.25) is 0 Å². The zero-order chi connectivity index (χ0) is 9.68. The molecule has 0 amide bonds. The number of aromatic nitrogens is 1. The molecular formula is C11H10ClN. The molecule has 0 aliphatic carbocycles. The number of hydrogen-bond acceptors (Lipinski definition) is 1. The summed E-state index contributed by atoms with van der Waals surface area (Å²) in [5.41, 5.74) is 0. The van der Waals surface area contributed by atoms with Crippen LogP contribution in [0.3, 0.4) is 0 Å². The average molecular weight is 192 g/mol. The fourth-order valence-electron chi connectivity index (χ4n) is 0.992. The normalized spacial score (nSPS) is 13.0. The van der Waals surface area contributed by atoms with Crippen molar-refractivity contribution in [1.82, 2.24) is 4.98 Å². The lowest BCUT2D eigenvalue weighted by atomic mass is 10.3. The molecule has 0 radical (unpaired) electrons. The highest BCUT2D eigenvalue weighted by Crippen LogP contribution is 1.94. The van der Waals surface area contributed by atoms with E-state index < -0.39 is 0 Å². The highest BCUT2D eigenvalue weighted by atomic mass is 35.5. The summed E-state index contributed by atoms with van der Waals surface area (Å²) in [4.78, 5) is 4.16. The number of nitrogens with zero attached hydrogens (tertiary/aromatic N) is 1. The van der Waals surface area contributed by atoms with Gasteiger partial charge in [-0.1, -0.05) is 43.0 Å². The molecular weight excluding hydrogens is 182 g/mol. The Labute approximate surface area is 82.4 Å². The Kier molecular flexibility index (Phi) is 3.47. The van der Waals surface area contributed by atoms with Gasteiger partial charge in [0.15, 0.2) is 0 Å². The van der Waals surface area contributed by atoms with Gasteiger partial charge in [0, 0.05) is 11.4 Å². The van der Waals surface area contributed by atoms with Crippen LogP contribution < -0.4 is 10.6 Å². The third-order valence-corrected chi connectivity index (χ3v) is 1.86. The molecule has 0 aromatic carbocycles. The largest absolute Gasteiger partial charge is 0.256 e.